The molecule has 75 heavy (non-hydrogen) atoms. The maximum atomic E-state index is 14.2. The van der Waals surface area contributed by atoms with Crippen LogP contribution in [-0.4, -0.2) is 121 Å². The van der Waals surface area contributed by atoms with E-state index in [9.17, 15) is 34.3 Å². The number of hydrogen-bond acceptors (Lipinski definition) is 12. The SMILES string of the molecule is CCCC(=O)N(CC(C)(C)CC(=O)N1C[C@H](O)C[C@H]1C(=O)NCc1ccc(-c2scnc2C)cc1)n1cc(CCCC(=O)N2CCN(c3cc4c(cc3CC)C(=O)c3c([nH]c5cc(C#N)ccc35)C4(C)C)CC2)nn1. The van der Waals surface area contributed by atoms with Gasteiger partial charge in [-0.1, -0.05) is 71.9 Å². The third-order valence-corrected chi connectivity index (χ3v) is 16.1. The topological polar surface area (TPSA) is 214 Å². The highest BCUT2D eigenvalue weighted by atomic mass is 32.1. The first-order chi connectivity index (χ1) is 35.9. The number of likely N-dealkylation sites (tertiary alicyclic amines) is 1. The van der Waals surface area contributed by atoms with Crippen LogP contribution in [0.15, 0.2) is 66.3 Å². The number of anilines is 1. The van der Waals surface area contributed by atoms with Crippen LogP contribution in [0.5, 0.6) is 0 Å². The van der Waals surface area contributed by atoms with Crippen LogP contribution in [0.2, 0.25) is 0 Å². The van der Waals surface area contributed by atoms with Crippen LogP contribution in [-0.2, 0) is 44.0 Å². The molecule has 2 saturated heterocycles. The molecule has 3 N–H and O–H groups in total. The van der Waals surface area contributed by atoms with Gasteiger partial charge in [-0.25, -0.2) is 9.99 Å². The Morgan fingerprint density at radius 1 is 1.01 bits per heavy atom. The van der Waals surface area contributed by atoms with Crippen LogP contribution in [0.4, 0.5) is 5.69 Å². The highest BCUT2D eigenvalue weighted by molar-refractivity contribution is 7.13. The molecule has 17 nitrogen and oxygen atoms in total. The van der Waals surface area contributed by atoms with E-state index < -0.39 is 23.0 Å². The van der Waals surface area contributed by atoms with Gasteiger partial charge in [0.25, 0.3) is 0 Å². The van der Waals surface area contributed by atoms with E-state index in [1.54, 1.807) is 29.7 Å². The fraction of sp³-hybridized carbons (Fsp3) is 0.456. The first kappa shape index (κ1) is 52.6. The number of β-amino-alcohol motifs (C(OH)–C–C–N with tert-alkyl or cyclic N) is 1. The Hall–Kier alpha value is -7.23. The van der Waals surface area contributed by atoms with Gasteiger partial charge in [-0.05, 0) is 89.8 Å². The summed E-state index contributed by atoms with van der Waals surface area (Å²) in [6, 6.07) is 18.9. The van der Waals surface area contributed by atoms with Crippen molar-refractivity contribution in [3.05, 3.63) is 117 Å². The minimum atomic E-state index is -0.839. The normalized spacial score (nSPS) is 17.2. The van der Waals surface area contributed by atoms with Gasteiger partial charge in [-0.2, -0.15) is 10.1 Å². The number of carbonyl (C=O) groups excluding carboxylic acids is 5. The van der Waals surface area contributed by atoms with Crippen molar-refractivity contribution in [2.75, 3.05) is 49.2 Å². The van der Waals surface area contributed by atoms with E-state index in [0.29, 0.717) is 74.2 Å². The van der Waals surface area contributed by atoms with E-state index in [2.05, 4.69) is 69.5 Å². The summed E-state index contributed by atoms with van der Waals surface area (Å²) in [4.78, 5) is 85.0. The van der Waals surface area contributed by atoms with Crippen molar-refractivity contribution in [1.82, 2.24) is 40.2 Å². The first-order valence-electron chi connectivity index (χ1n) is 26.2. The summed E-state index contributed by atoms with van der Waals surface area (Å²) < 4.78 is 0. The highest BCUT2D eigenvalue weighted by Gasteiger charge is 2.42. The Kier molecular flexibility index (Phi) is 15.1. The Morgan fingerprint density at radius 2 is 1.77 bits per heavy atom. The predicted octanol–water partition coefficient (Wildman–Crippen LogP) is 7.13. The number of aromatic amines is 1. The van der Waals surface area contributed by atoms with Gasteiger partial charge in [0.05, 0.1) is 57.8 Å². The molecular formula is C57H67N11O6S. The fourth-order valence-corrected chi connectivity index (χ4v) is 11.9. The number of nitriles is 1. The molecule has 2 aliphatic heterocycles. The number of fused-ring (bicyclic) bond motifs is 4. The van der Waals surface area contributed by atoms with E-state index in [0.717, 1.165) is 61.5 Å². The summed E-state index contributed by atoms with van der Waals surface area (Å²) in [5.41, 5.74) is 10.8. The van der Waals surface area contributed by atoms with Crippen molar-refractivity contribution >= 4 is 57.3 Å². The van der Waals surface area contributed by atoms with Crippen molar-refractivity contribution in [2.24, 2.45) is 5.41 Å². The molecule has 0 unspecified atom stereocenters. The second-order valence-electron chi connectivity index (χ2n) is 21.6. The lowest BCUT2D eigenvalue weighted by atomic mass is 9.70. The molecule has 2 atom stereocenters. The molecule has 0 radical (unpaired) electrons. The third-order valence-electron chi connectivity index (χ3n) is 15.2. The maximum absolute atomic E-state index is 14.2. The number of ketones is 1. The van der Waals surface area contributed by atoms with Gasteiger partial charge in [0, 0.05) is 98.2 Å². The van der Waals surface area contributed by atoms with Crippen molar-refractivity contribution in [3.63, 3.8) is 0 Å². The monoisotopic (exact) mass is 1030 g/mol. The first-order valence-corrected chi connectivity index (χ1v) is 27.0. The minimum absolute atomic E-state index is 0.0134. The second-order valence-corrected chi connectivity index (χ2v) is 22.5. The van der Waals surface area contributed by atoms with Crippen LogP contribution in [0.1, 0.15) is 135 Å². The smallest absolute Gasteiger partial charge is 0.243 e. The third kappa shape index (κ3) is 10.8. The van der Waals surface area contributed by atoms with Crippen LogP contribution in [0, 0.1) is 23.7 Å². The number of aliphatic hydroxyl groups excluding tert-OH is 1. The number of amides is 4. The molecule has 392 valence electrons. The highest BCUT2D eigenvalue weighted by Crippen LogP contribution is 2.46. The minimum Gasteiger partial charge on any atom is -0.391 e. The van der Waals surface area contributed by atoms with E-state index >= 15 is 0 Å². The van der Waals surface area contributed by atoms with Gasteiger partial charge in [0.15, 0.2) is 5.78 Å². The molecule has 3 aromatic heterocycles. The number of aryl methyl sites for hydroxylation is 3. The summed E-state index contributed by atoms with van der Waals surface area (Å²) in [6.45, 7) is 16.9. The number of aliphatic hydroxyl groups is 1. The Morgan fingerprint density at radius 3 is 2.47 bits per heavy atom. The lowest BCUT2D eigenvalue weighted by molar-refractivity contribution is -0.140. The van der Waals surface area contributed by atoms with Crippen LogP contribution in [0.25, 0.3) is 21.3 Å². The van der Waals surface area contributed by atoms with Gasteiger partial charge < -0.3 is 30.1 Å². The molecule has 6 aromatic rings. The Balaban J connectivity index is 0.775. The number of H-pyrrole nitrogens is 1. The number of hydrogen-bond donors (Lipinski definition) is 3. The molecule has 9 rings (SSSR count). The number of aromatic nitrogens is 5. The molecule has 0 bridgehead atoms. The predicted molar refractivity (Wildman–Crippen MR) is 288 cm³/mol. The van der Waals surface area contributed by atoms with Crippen LogP contribution >= 0.6 is 11.3 Å². The molecule has 0 spiro atoms. The van der Waals surface area contributed by atoms with Crippen molar-refractivity contribution < 1.29 is 29.1 Å². The molecule has 1 aliphatic carbocycles. The average molecular weight is 1030 g/mol. The zero-order chi connectivity index (χ0) is 53.3. The standard InChI is InChI=1S/C57H67N11O6S/c1-8-11-49(71)67(33-56(4,5)28-50(72)66-32-41(69)26-47(66)55(74)59-30-36-14-17-39(18-15-36)53-35(3)60-34-75-53)68-31-40(62-63-68)12-10-13-48(70)65-22-20-64(21-23-65)46-27-44-43(25-38(46)9-2)52(73)51-42-19-16-37(29-58)24-45(42)61-54(51)57(44,6)7/h14-19,24-25,27,31,34,41,47,61,69H,8-13,20-23,26,28,30,32-33H2,1-7H3,(H,59,74)/t41-,47+/m1/s1. The Labute approximate surface area is 441 Å². The van der Waals surface area contributed by atoms with Crippen molar-refractivity contribution in [1.29, 1.82) is 5.26 Å². The molecule has 4 amide bonds. The van der Waals surface area contributed by atoms with E-state index in [4.69, 9.17) is 0 Å². The lowest BCUT2D eigenvalue weighted by Crippen LogP contribution is -2.50. The zero-order valence-corrected chi connectivity index (χ0v) is 44.9. The number of carbonyl (C=O) groups is 5. The average Bonchev–Trinajstić information content (AvgIpc) is 4.25. The number of nitrogens with one attached hydrogen (secondary N) is 2. The second kappa shape index (κ2) is 21.5. The van der Waals surface area contributed by atoms with E-state index in [1.807, 2.05) is 68.4 Å². The summed E-state index contributed by atoms with van der Waals surface area (Å²) in [6.07, 6.45) is 3.97. The molecule has 3 aliphatic rings. The van der Waals surface area contributed by atoms with Crippen molar-refractivity contribution in [2.45, 2.75) is 124 Å². The molecule has 0 saturated carbocycles. The van der Waals surface area contributed by atoms with Crippen LogP contribution < -0.4 is 15.2 Å². The van der Waals surface area contributed by atoms with Crippen molar-refractivity contribution in [3.8, 4) is 16.5 Å². The summed E-state index contributed by atoms with van der Waals surface area (Å²) >= 11 is 1.58. The zero-order valence-electron chi connectivity index (χ0n) is 44.0. The van der Waals surface area contributed by atoms with Gasteiger partial charge in [-0.3, -0.25) is 24.0 Å². The summed E-state index contributed by atoms with van der Waals surface area (Å²) in [5.74, 6) is -0.750. The number of benzene rings is 3. The molecule has 5 heterocycles. The number of piperazine rings is 1. The summed E-state index contributed by atoms with van der Waals surface area (Å²) in [5, 5.41) is 34.2. The van der Waals surface area contributed by atoms with Gasteiger partial charge in [0.2, 0.25) is 23.6 Å². The lowest BCUT2D eigenvalue weighted by Gasteiger charge is -2.39. The maximum Gasteiger partial charge on any atom is 0.243 e. The van der Waals surface area contributed by atoms with E-state index in [-0.39, 0.29) is 68.3 Å². The number of rotatable bonds is 17. The molecule has 3 aromatic carbocycles. The Bertz CT molecular complexity index is 3190. The van der Waals surface area contributed by atoms with Gasteiger partial charge >= 0.3 is 0 Å². The van der Waals surface area contributed by atoms with Gasteiger partial charge in [-0.15, -0.1) is 16.4 Å². The molecular weight excluding hydrogens is 967 g/mol. The molecule has 18 heteroatoms. The van der Waals surface area contributed by atoms with E-state index in [1.165, 1.54) is 14.7 Å². The van der Waals surface area contributed by atoms with Crippen LogP contribution in [0.3, 0.4) is 0 Å². The summed E-state index contributed by atoms with van der Waals surface area (Å²) in [7, 11) is 0. The number of nitrogens with zero attached hydrogens (tertiary/aromatic N) is 9. The largest absolute Gasteiger partial charge is 0.391 e. The fourth-order valence-electron chi connectivity index (χ4n) is 11.0. The molecule has 2 fully saturated rings. The van der Waals surface area contributed by atoms with Gasteiger partial charge in [0.1, 0.15) is 6.04 Å². The number of thiazole rings is 1. The quantitative estimate of drug-likeness (QED) is 0.0836.